The minimum Gasteiger partial charge on any atom is -0.328 e. The molecule has 16 heavy (non-hydrogen) atoms. The van der Waals surface area contributed by atoms with Gasteiger partial charge in [0.15, 0.2) is 0 Å². The Morgan fingerprint density at radius 1 is 1.44 bits per heavy atom. The number of nitrogens with zero attached hydrogens (tertiary/aromatic N) is 1. The Morgan fingerprint density at radius 2 is 2.25 bits per heavy atom. The Hall–Kier alpha value is -1.61. The lowest BCUT2D eigenvalue weighted by molar-refractivity contribution is 0.739. The Bertz CT molecular complexity index is 472. The van der Waals surface area contributed by atoms with E-state index in [1.807, 2.05) is 13.1 Å². The van der Waals surface area contributed by atoms with Gasteiger partial charge in [-0.2, -0.15) is 5.10 Å². The van der Waals surface area contributed by atoms with Gasteiger partial charge in [0.1, 0.15) is 0 Å². The van der Waals surface area contributed by atoms with Crippen LogP contribution in [0.15, 0.2) is 30.5 Å². The summed E-state index contributed by atoms with van der Waals surface area (Å²) in [5, 5.41) is 7.15. The van der Waals surface area contributed by atoms with Crippen LogP contribution in [0.3, 0.4) is 0 Å². The van der Waals surface area contributed by atoms with Crippen molar-refractivity contribution in [1.29, 1.82) is 0 Å². The van der Waals surface area contributed by atoms with Crippen molar-refractivity contribution >= 4 is 0 Å². The van der Waals surface area contributed by atoms with Gasteiger partial charge in [0.2, 0.25) is 0 Å². The number of rotatable bonds is 3. The zero-order valence-corrected chi connectivity index (χ0v) is 9.70. The fraction of sp³-hybridized carbons (Fsp3) is 0.308. The fourth-order valence-corrected chi connectivity index (χ4v) is 1.86. The molecule has 1 unspecified atom stereocenters. The number of aromatic amines is 1. The van der Waals surface area contributed by atoms with Crippen molar-refractivity contribution in [2.24, 2.45) is 5.73 Å². The van der Waals surface area contributed by atoms with Gasteiger partial charge in [-0.25, -0.2) is 0 Å². The first-order valence-electron chi connectivity index (χ1n) is 5.51. The molecule has 3 nitrogen and oxygen atoms in total. The van der Waals surface area contributed by atoms with Crippen LogP contribution >= 0.6 is 0 Å². The van der Waals surface area contributed by atoms with Crippen LogP contribution in [0.2, 0.25) is 0 Å². The summed E-state index contributed by atoms with van der Waals surface area (Å²) in [5.74, 6) is 0. The van der Waals surface area contributed by atoms with Crippen LogP contribution in [-0.2, 0) is 6.42 Å². The summed E-state index contributed by atoms with van der Waals surface area (Å²) in [7, 11) is 0. The van der Waals surface area contributed by atoms with Crippen molar-refractivity contribution in [3.63, 3.8) is 0 Å². The highest BCUT2D eigenvalue weighted by atomic mass is 15.1. The molecule has 1 aromatic heterocycles. The van der Waals surface area contributed by atoms with E-state index in [9.17, 15) is 0 Å². The zero-order valence-electron chi connectivity index (χ0n) is 9.70. The summed E-state index contributed by atoms with van der Waals surface area (Å²) in [4.78, 5) is 0. The molecule has 0 bridgehead atoms. The van der Waals surface area contributed by atoms with Gasteiger partial charge in [0.25, 0.3) is 0 Å². The minimum atomic E-state index is 0.154. The highest BCUT2D eigenvalue weighted by Gasteiger charge is 2.09. The van der Waals surface area contributed by atoms with E-state index in [2.05, 4.69) is 41.4 Å². The number of nitrogens with two attached hydrogens (primary N) is 1. The van der Waals surface area contributed by atoms with E-state index in [0.717, 1.165) is 12.1 Å². The molecule has 2 aromatic rings. The number of aromatic nitrogens is 2. The van der Waals surface area contributed by atoms with E-state index in [1.165, 1.54) is 16.7 Å². The highest BCUT2D eigenvalue weighted by molar-refractivity contribution is 5.63. The summed E-state index contributed by atoms with van der Waals surface area (Å²) in [5.41, 5.74) is 10.5. The quantitative estimate of drug-likeness (QED) is 0.825. The van der Waals surface area contributed by atoms with E-state index in [0.29, 0.717) is 0 Å². The molecule has 1 atom stereocenters. The third-order valence-electron chi connectivity index (χ3n) is 2.57. The first kappa shape index (κ1) is 10.9. The smallest absolute Gasteiger partial charge is 0.0682 e. The topological polar surface area (TPSA) is 54.7 Å². The number of nitrogens with one attached hydrogen (secondary N) is 1. The van der Waals surface area contributed by atoms with Crippen LogP contribution in [0, 0.1) is 6.92 Å². The van der Waals surface area contributed by atoms with E-state index < -0.39 is 0 Å². The number of H-pyrrole nitrogens is 1. The van der Waals surface area contributed by atoms with Gasteiger partial charge in [-0.15, -0.1) is 0 Å². The predicted molar refractivity (Wildman–Crippen MR) is 66.1 cm³/mol. The third kappa shape index (κ3) is 2.31. The molecule has 84 valence electrons. The molecule has 3 heteroatoms. The second-order valence-corrected chi connectivity index (χ2v) is 4.32. The SMILES string of the molecule is Cc1cccc(-c2[nH]ncc2CC(C)N)c1. The van der Waals surface area contributed by atoms with Crippen LogP contribution in [0.5, 0.6) is 0 Å². The molecule has 0 aliphatic carbocycles. The van der Waals surface area contributed by atoms with Crippen molar-refractivity contribution in [2.45, 2.75) is 26.3 Å². The first-order chi connectivity index (χ1) is 7.66. The molecule has 0 fully saturated rings. The Balaban J connectivity index is 2.37. The average Bonchev–Trinajstić information content (AvgIpc) is 2.65. The third-order valence-corrected chi connectivity index (χ3v) is 2.57. The number of hydrogen-bond acceptors (Lipinski definition) is 2. The van der Waals surface area contributed by atoms with Gasteiger partial charge in [0.05, 0.1) is 11.9 Å². The van der Waals surface area contributed by atoms with Gasteiger partial charge in [-0.1, -0.05) is 23.8 Å². The zero-order chi connectivity index (χ0) is 11.5. The summed E-state index contributed by atoms with van der Waals surface area (Å²) >= 11 is 0. The molecule has 0 saturated heterocycles. The standard InChI is InChI=1S/C13H17N3/c1-9-4-3-5-11(6-9)13-12(7-10(2)14)8-15-16-13/h3-6,8,10H,7,14H2,1-2H3,(H,15,16). The Morgan fingerprint density at radius 3 is 2.94 bits per heavy atom. The molecule has 1 heterocycles. The van der Waals surface area contributed by atoms with Crippen LogP contribution in [-0.4, -0.2) is 16.2 Å². The fourth-order valence-electron chi connectivity index (χ4n) is 1.86. The van der Waals surface area contributed by atoms with E-state index in [-0.39, 0.29) is 6.04 Å². The first-order valence-corrected chi connectivity index (χ1v) is 5.51. The van der Waals surface area contributed by atoms with E-state index in [1.54, 1.807) is 0 Å². The minimum absolute atomic E-state index is 0.154. The molecule has 0 radical (unpaired) electrons. The Kier molecular flexibility index (Phi) is 3.06. The van der Waals surface area contributed by atoms with Crippen LogP contribution < -0.4 is 5.73 Å². The highest BCUT2D eigenvalue weighted by Crippen LogP contribution is 2.22. The normalized spacial score (nSPS) is 12.7. The molecule has 2 rings (SSSR count). The van der Waals surface area contributed by atoms with Crippen LogP contribution in [0.1, 0.15) is 18.1 Å². The number of hydrogen-bond donors (Lipinski definition) is 2. The molecule has 3 N–H and O–H groups in total. The summed E-state index contributed by atoms with van der Waals surface area (Å²) in [6, 6.07) is 8.54. The molecule has 0 amide bonds. The second kappa shape index (κ2) is 4.49. The van der Waals surface area contributed by atoms with Gasteiger partial charge >= 0.3 is 0 Å². The van der Waals surface area contributed by atoms with Crippen molar-refractivity contribution in [2.75, 3.05) is 0 Å². The molecule has 1 aromatic carbocycles. The summed E-state index contributed by atoms with van der Waals surface area (Å²) in [6.45, 7) is 4.10. The number of benzene rings is 1. The van der Waals surface area contributed by atoms with Gasteiger partial charge in [0, 0.05) is 11.6 Å². The lowest BCUT2D eigenvalue weighted by Crippen LogP contribution is -2.17. The monoisotopic (exact) mass is 215 g/mol. The molecule has 0 aliphatic rings. The lowest BCUT2D eigenvalue weighted by Gasteiger charge is -2.06. The lowest BCUT2D eigenvalue weighted by atomic mass is 10.0. The van der Waals surface area contributed by atoms with Crippen molar-refractivity contribution < 1.29 is 0 Å². The maximum Gasteiger partial charge on any atom is 0.0682 e. The van der Waals surface area contributed by atoms with Crippen LogP contribution in [0.25, 0.3) is 11.3 Å². The van der Waals surface area contributed by atoms with Gasteiger partial charge in [-0.3, -0.25) is 5.10 Å². The number of aryl methyl sites for hydroxylation is 1. The van der Waals surface area contributed by atoms with Gasteiger partial charge in [-0.05, 0) is 31.9 Å². The van der Waals surface area contributed by atoms with E-state index in [4.69, 9.17) is 5.73 Å². The van der Waals surface area contributed by atoms with E-state index >= 15 is 0 Å². The van der Waals surface area contributed by atoms with Crippen LogP contribution in [0.4, 0.5) is 0 Å². The predicted octanol–water partition coefficient (Wildman–Crippen LogP) is 2.27. The molecule has 0 spiro atoms. The molecular weight excluding hydrogens is 198 g/mol. The van der Waals surface area contributed by atoms with Crippen molar-refractivity contribution in [3.8, 4) is 11.3 Å². The maximum atomic E-state index is 5.82. The Labute approximate surface area is 95.7 Å². The second-order valence-electron chi connectivity index (χ2n) is 4.32. The molecule has 0 aliphatic heterocycles. The molecular formula is C13H17N3. The van der Waals surface area contributed by atoms with Gasteiger partial charge < -0.3 is 5.73 Å². The molecule has 0 saturated carbocycles. The summed E-state index contributed by atoms with van der Waals surface area (Å²) < 4.78 is 0. The van der Waals surface area contributed by atoms with Crippen molar-refractivity contribution in [1.82, 2.24) is 10.2 Å². The largest absolute Gasteiger partial charge is 0.328 e. The summed E-state index contributed by atoms with van der Waals surface area (Å²) in [6.07, 6.45) is 2.71. The average molecular weight is 215 g/mol. The maximum absolute atomic E-state index is 5.82. The van der Waals surface area contributed by atoms with Crippen molar-refractivity contribution in [3.05, 3.63) is 41.6 Å².